The summed E-state index contributed by atoms with van der Waals surface area (Å²) >= 11 is 0. The van der Waals surface area contributed by atoms with E-state index >= 15 is 0 Å². The van der Waals surface area contributed by atoms with Crippen molar-refractivity contribution in [1.82, 2.24) is 14.8 Å². The molecule has 0 aliphatic heterocycles. The topological polar surface area (TPSA) is 88.0 Å². The van der Waals surface area contributed by atoms with Crippen LogP contribution in [0.4, 0.5) is 0 Å². The number of pyridine rings is 1. The zero-order chi connectivity index (χ0) is 17.6. The average Bonchev–Trinajstić information content (AvgIpc) is 2.97. The average molecular weight is 333 g/mol. The minimum absolute atomic E-state index is 0.0649. The number of H-pyrrole nitrogens is 1. The van der Waals surface area contributed by atoms with Gasteiger partial charge in [0.15, 0.2) is 0 Å². The molecular weight excluding hydrogens is 318 g/mol. The van der Waals surface area contributed by atoms with Gasteiger partial charge in [0.1, 0.15) is 5.52 Å². The normalized spacial score (nSPS) is 11.2. The van der Waals surface area contributed by atoms with E-state index in [1.54, 1.807) is 36.1 Å². The van der Waals surface area contributed by atoms with Gasteiger partial charge in [0.2, 0.25) is 5.43 Å². The molecule has 0 aliphatic carbocycles. The van der Waals surface area contributed by atoms with Crippen LogP contribution in [0.15, 0.2) is 53.5 Å². The monoisotopic (exact) mass is 333 g/mol. The summed E-state index contributed by atoms with van der Waals surface area (Å²) in [6.45, 7) is 0. The fourth-order valence-electron chi connectivity index (χ4n) is 3.12. The van der Waals surface area contributed by atoms with Crippen molar-refractivity contribution in [3.63, 3.8) is 0 Å². The van der Waals surface area contributed by atoms with Gasteiger partial charge in [-0.05, 0) is 41.8 Å². The summed E-state index contributed by atoms with van der Waals surface area (Å²) in [4.78, 5) is 27.1. The lowest BCUT2D eigenvalue weighted by Crippen LogP contribution is -2.08. The fourth-order valence-corrected chi connectivity index (χ4v) is 3.12. The Morgan fingerprint density at radius 2 is 1.96 bits per heavy atom. The lowest BCUT2D eigenvalue weighted by atomic mass is 10.0. The van der Waals surface area contributed by atoms with Crippen molar-refractivity contribution in [3.05, 3.63) is 75.6 Å². The molecule has 0 spiro atoms. The third kappa shape index (κ3) is 2.57. The molecule has 4 rings (SSSR count). The van der Waals surface area contributed by atoms with Crippen LogP contribution in [0.25, 0.3) is 21.9 Å². The Kier molecular flexibility index (Phi) is 3.39. The van der Waals surface area contributed by atoms with Crippen molar-refractivity contribution >= 4 is 27.9 Å². The number of benzene rings is 2. The molecule has 0 bridgehead atoms. The molecule has 0 atom stereocenters. The van der Waals surface area contributed by atoms with E-state index in [-0.39, 0.29) is 11.0 Å². The number of carbonyl (C=O) groups is 1. The maximum absolute atomic E-state index is 12.8. The fraction of sp³-hybridized carbons (Fsp3) is 0.105. The van der Waals surface area contributed by atoms with E-state index in [1.807, 2.05) is 24.3 Å². The Hall–Kier alpha value is -3.41. The highest BCUT2D eigenvalue weighted by Crippen LogP contribution is 2.18. The summed E-state index contributed by atoms with van der Waals surface area (Å²) < 4.78 is 1.57. The van der Waals surface area contributed by atoms with Crippen LogP contribution in [0.1, 0.15) is 21.5 Å². The van der Waals surface area contributed by atoms with Crippen LogP contribution in [0.2, 0.25) is 0 Å². The van der Waals surface area contributed by atoms with Crippen LogP contribution >= 0.6 is 0 Å². The first-order valence-corrected chi connectivity index (χ1v) is 7.82. The molecule has 0 saturated heterocycles. The van der Waals surface area contributed by atoms with Gasteiger partial charge < -0.3 is 10.1 Å². The lowest BCUT2D eigenvalue weighted by molar-refractivity contribution is 0.0696. The Bertz CT molecular complexity index is 1190. The molecule has 0 amide bonds. The Morgan fingerprint density at radius 3 is 2.76 bits per heavy atom. The van der Waals surface area contributed by atoms with Crippen LogP contribution < -0.4 is 5.43 Å². The number of aryl methyl sites for hydroxylation is 1. The second kappa shape index (κ2) is 5.59. The van der Waals surface area contributed by atoms with Gasteiger partial charge in [-0.25, -0.2) is 4.79 Å². The molecule has 2 N–H and O–H groups in total. The van der Waals surface area contributed by atoms with E-state index in [1.165, 1.54) is 0 Å². The van der Waals surface area contributed by atoms with Crippen LogP contribution in [-0.4, -0.2) is 25.8 Å². The number of aromatic amines is 1. The molecule has 2 aromatic heterocycles. The molecule has 0 radical (unpaired) electrons. The zero-order valence-electron chi connectivity index (χ0n) is 13.5. The number of fused-ring (bicyclic) bond motifs is 2. The predicted octanol–water partition coefficient (Wildman–Crippen LogP) is 2.70. The number of rotatable bonds is 3. The van der Waals surface area contributed by atoms with Crippen molar-refractivity contribution in [1.29, 1.82) is 0 Å². The van der Waals surface area contributed by atoms with Gasteiger partial charge in [0.25, 0.3) is 0 Å². The molecule has 124 valence electrons. The smallest absolute Gasteiger partial charge is 0.335 e. The molecule has 6 heteroatoms. The van der Waals surface area contributed by atoms with E-state index < -0.39 is 5.97 Å². The van der Waals surface area contributed by atoms with Crippen molar-refractivity contribution in [2.75, 3.05) is 0 Å². The Morgan fingerprint density at radius 1 is 1.16 bits per heavy atom. The minimum Gasteiger partial charge on any atom is -0.478 e. The Labute approximate surface area is 142 Å². The van der Waals surface area contributed by atoms with E-state index in [9.17, 15) is 9.59 Å². The van der Waals surface area contributed by atoms with Gasteiger partial charge in [0.05, 0.1) is 17.3 Å². The maximum Gasteiger partial charge on any atom is 0.335 e. The first-order valence-electron chi connectivity index (χ1n) is 7.82. The van der Waals surface area contributed by atoms with Gasteiger partial charge in [-0.15, -0.1) is 0 Å². The third-order valence-electron chi connectivity index (χ3n) is 4.33. The van der Waals surface area contributed by atoms with Crippen molar-refractivity contribution in [3.8, 4) is 0 Å². The first-order chi connectivity index (χ1) is 12.0. The second-order valence-corrected chi connectivity index (χ2v) is 6.05. The number of carboxylic acids is 1. The number of aromatic nitrogens is 3. The largest absolute Gasteiger partial charge is 0.478 e. The van der Waals surface area contributed by atoms with Crippen molar-refractivity contribution in [2.45, 2.75) is 6.42 Å². The van der Waals surface area contributed by atoms with E-state index in [0.717, 1.165) is 16.6 Å². The molecule has 25 heavy (non-hydrogen) atoms. The zero-order valence-corrected chi connectivity index (χ0v) is 13.5. The number of carboxylic acid groups (broad SMARTS) is 1. The molecule has 2 heterocycles. The van der Waals surface area contributed by atoms with Crippen LogP contribution in [0.3, 0.4) is 0 Å². The highest BCUT2D eigenvalue weighted by molar-refractivity contribution is 5.91. The SMILES string of the molecule is Cn1ncc2[nH]c3ccc(Cc4cccc(C(=O)O)c4)cc3c(=O)c21. The number of aromatic carboxylic acids is 1. The van der Waals surface area contributed by atoms with Gasteiger partial charge in [0, 0.05) is 18.0 Å². The quantitative estimate of drug-likeness (QED) is 0.603. The summed E-state index contributed by atoms with van der Waals surface area (Å²) in [6.07, 6.45) is 2.20. The van der Waals surface area contributed by atoms with Crippen molar-refractivity contribution in [2.24, 2.45) is 7.05 Å². The van der Waals surface area contributed by atoms with Gasteiger partial charge >= 0.3 is 5.97 Å². The molecule has 0 fully saturated rings. The summed E-state index contributed by atoms with van der Waals surface area (Å²) in [6, 6.07) is 12.5. The van der Waals surface area contributed by atoms with Gasteiger partial charge in [-0.1, -0.05) is 18.2 Å². The molecular formula is C19H15N3O3. The molecule has 6 nitrogen and oxygen atoms in total. The highest BCUT2D eigenvalue weighted by atomic mass is 16.4. The van der Waals surface area contributed by atoms with Gasteiger partial charge in [-0.2, -0.15) is 5.10 Å². The number of nitrogens with one attached hydrogen (secondary N) is 1. The van der Waals surface area contributed by atoms with Crippen LogP contribution in [0, 0.1) is 0 Å². The third-order valence-corrected chi connectivity index (χ3v) is 4.33. The van der Waals surface area contributed by atoms with Gasteiger partial charge in [-0.3, -0.25) is 9.48 Å². The molecule has 0 saturated carbocycles. The molecule has 4 aromatic rings. The molecule has 2 aromatic carbocycles. The summed E-state index contributed by atoms with van der Waals surface area (Å²) in [5.41, 5.74) is 4.03. The maximum atomic E-state index is 12.8. The predicted molar refractivity (Wildman–Crippen MR) is 95.0 cm³/mol. The number of nitrogens with zero attached hydrogens (tertiary/aromatic N) is 2. The van der Waals surface area contributed by atoms with Crippen LogP contribution in [0.5, 0.6) is 0 Å². The minimum atomic E-state index is -0.949. The number of hydrogen-bond donors (Lipinski definition) is 2. The highest BCUT2D eigenvalue weighted by Gasteiger charge is 2.10. The lowest BCUT2D eigenvalue weighted by Gasteiger charge is -2.06. The van der Waals surface area contributed by atoms with E-state index in [2.05, 4.69) is 10.1 Å². The summed E-state index contributed by atoms with van der Waals surface area (Å²) in [7, 11) is 1.74. The van der Waals surface area contributed by atoms with E-state index in [0.29, 0.717) is 22.8 Å². The number of hydrogen-bond acceptors (Lipinski definition) is 3. The van der Waals surface area contributed by atoms with Crippen molar-refractivity contribution < 1.29 is 9.90 Å². The van der Waals surface area contributed by atoms with Crippen LogP contribution in [-0.2, 0) is 13.5 Å². The second-order valence-electron chi connectivity index (χ2n) is 6.05. The Balaban J connectivity index is 1.81. The molecule has 0 aliphatic rings. The first kappa shape index (κ1) is 15.1. The standard InChI is InChI=1S/C19H15N3O3/c1-22-17-16(10-20-22)21-15-6-5-12(9-14(15)18(17)23)7-11-3-2-4-13(8-11)19(24)25/h2-6,8-10H,7H2,1H3,(H,21,23)(H,24,25). The molecule has 0 unspecified atom stereocenters. The summed E-state index contributed by atoms with van der Waals surface area (Å²) in [5.74, 6) is -0.949. The summed E-state index contributed by atoms with van der Waals surface area (Å²) in [5, 5.41) is 13.8. The van der Waals surface area contributed by atoms with E-state index in [4.69, 9.17) is 5.11 Å².